The first-order valence-electron chi connectivity index (χ1n) is 12.8. The number of terminal acetylenes is 1. The van der Waals surface area contributed by atoms with E-state index in [1.807, 2.05) is 18.2 Å². The highest BCUT2D eigenvalue weighted by atomic mass is 16.5. The van der Waals surface area contributed by atoms with Crippen LogP contribution in [0.1, 0.15) is 47.8 Å². The number of pyridine rings is 1. The average molecular weight is 518 g/mol. The molecule has 1 unspecified atom stereocenters. The molecular weight excluding hydrogens is 490 g/mol. The van der Waals surface area contributed by atoms with Crippen LogP contribution in [-0.4, -0.2) is 39.0 Å². The fourth-order valence-corrected chi connectivity index (χ4v) is 5.29. The van der Waals surface area contributed by atoms with Crippen molar-refractivity contribution in [3.8, 4) is 18.1 Å². The molecule has 8 nitrogen and oxygen atoms in total. The lowest BCUT2D eigenvalue weighted by atomic mass is 9.87. The highest BCUT2D eigenvalue weighted by molar-refractivity contribution is 6.03. The number of carbonyl (C=O) groups is 1. The Hall–Kier alpha value is -4.74. The van der Waals surface area contributed by atoms with Gasteiger partial charge in [-0.2, -0.15) is 4.98 Å². The summed E-state index contributed by atoms with van der Waals surface area (Å²) in [6, 6.07) is 15.7. The summed E-state index contributed by atoms with van der Waals surface area (Å²) >= 11 is 0. The van der Waals surface area contributed by atoms with E-state index in [-0.39, 0.29) is 11.3 Å². The summed E-state index contributed by atoms with van der Waals surface area (Å²) in [5, 5.41) is 7.10. The smallest absolute Gasteiger partial charge is 0.268 e. The van der Waals surface area contributed by atoms with E-state index in [0.717, 1.165) is 25.2 Å². The van der Waals surface area contributed by atoms with Crippen molar-refractivity contribution >= 4 is 34.0 Å². The first-order chi connectivity index (χ1) is 18.9. The van der Waals surface area contributed by atoms with Gasteiger partial charge in [0.15, 0.2) is 5.78 Å². The Kier molecular flexibility index (Phi) is 6.01. The maximum Gasteiger partial charge on any atom is 0.268 e. The molecule has 1 atom stereocenters. The fourth-order valence-electron chi connectivity index (χ4n) is 5.29. The van der Waals surface area contributed by atoms with Crippen molar-refractivity contribution in [1.29, 1.82) is 0 Å². The van der Waals surface area contributed by atoms with Crippen LogP contribution in [0.2, 0.25) is 0 Å². The summed E-state index contributed by atoms with van der Waals surface area (Å²) in [4.78, 5) is 36.6. The molecule has 6 rings (SSSR count). The Balaban J connectivity index is 1.43. The molecule has 0 aliphatic carbocycles. The maximum absolute atomic E-state index is 13.8. The Morgan fingerprint density at radius 1 is 1.15 bits per heavy atom. The summed E-state index contributed by atoms with van der Waals surface area (Å²) in [6.45, 7) is 5.41. The zero-order valence-corrected chi connectivity index (χ0v) is 21.7. The number of hydrogen-bond acceptors (Lipinski definition) is 7. The molecule has 8 heteroatoms. The molecule has 0 radical (unpaired) electrons. The SMILES string of the molecule is C#Cc1cc2cnc(Nc3ccc(C4=CCNCC4)cc3)nc2n(C2C(=O)c3ccccc3OC2(C)C)c1=O. The number of carbonyl (C=O) groups excluding carboxylic acids is 1. The van der Waals surface area contributed by atoms with Crippen LogP contribution in [0, 0.1) is 12.3 Å². The van der Waals surface area contributed by atoms with Crippen LogP contribution >= 0.6 is 0 Å². The topological polar surface area (TPSA) is 98.1 Å². The summed E-state index contributed by atoms with van der Waals surface area (Å²) in [6.07, 6.45) is 10.5. The van der Waals surface area contributed by atoms with E-state index in [9.17, 15) is 9.59 Å². The number of aromatic nitrogens is 3. The van der Waals surface area contributed by atoms with Gasteiger partial charge in [-0.1, -0.05) is 36.3 Å². The number of nitrogens with one attached hydrogen (secondary N) is 2. The van der Waals surface area contributed by atoms with Crippen LogP contribution < -0.4 is 20.9 Å². The van der Waals surface area contributed by atoms with E-state index in [1.54, 1.807) is 44.3 Å². The number of ketones is 1. The number of fused-ring (bicyclic) bond motifs is 2. The zero-order chi connectivity index (χ0) is 27.1. The normalized spacial score (nSPS) is 18.0. The highest BCUT2D eigenvalue weighted by Gasteiger charge is 2.45. The molecule has 4 heterocycles. The molecule has 194 valence electrons. The van der Waals surface area contributed by atoms with Crippen LogP contribution in [0.15, 0.2) is 71.7 Å². The third-order valence-electron chi connectivity index (χ3n) is 7.19. The minimum Gasteiger partial charge on any atom is -0.484 e. The lowest BCUT2D eigenvalue weighted by molar-refractivity contribution is 0.0304. The number of anilines is 2. The standard InChI is InChI=1S/C31H27N5O3/c1-4-19-17-22-18-33-30(34-23-11-9-20(10-12-23)21-13-15-32-16-14-21)35-28(22)36(29(19)38)27-26(37)24-7-5-6-8-25(24)39-31(27,2)3/h1,5-13,17-18,27,32H,14-16H2,2-3H3,(H,33,34,35). The molecule has 0 saturated carbocycles. The lowest BCUT2D eigenvalue weighted by Gasteiger charge is -2.39. The number of hydrogen-bond donors (Lipinski definition) is 2. The van der Waals surface area contributed by atoms with Crippen LogP contribution in [-0.2, 0) is 0 Å². The van der Waals surface area contributed by atoms with Gasteiger partial charge in [0.25, 0.3) is 5.56 Å². The molecule has 0 saturated heterocycles. The minimum absolute atomic E-state index is 0.122. The second-order valence-electron chi connectivity index (χ2n) is 10.2. The quantitative estimate of drug-likeness (QED) is 0.385. The number of nitrogens with zero attached hydrogens (tertiary/aromatic N) is 3. The largest absolute Gasteiger partial charge is 0.484 e. The molecule has 0 amide bonds. The second-order valence-corrected chi connectivity index (χ2v) is 10.2. The second kappa shape index (κ2) is 9.53. The van der Waals surface area contributed by atoms with Gasteiger partial charge < -0.3 is 15.4 Å². The number of ether oxygens (including phenoxy) is 1. The van der Waals surface area contributed by atoms with Crippen molar-refractivity contribution in [3.05, 3.63) is 93.9 Å². The Morgan fingerprint density at radius 2 is 1.95 bits per heavy atom. The summed E-state index contributed by atoms with van der Waals surface area (Å²) in [5.74, 6) is 2.98. The van der Waals surface area contributed by atoms with Gasteiger partial charge in [-0.15, -0.1) is 6.42 Å². The Bertz CT molecular complexity index is 1750. The fraction of sp³-hybridized carbons (Fsp3) is 0.226. The van der Waals surface area contributed by atoms with Crippen molar-refractivity contribution in [1.82, 2.24) is 19.9 Å². The van der Waals surface area contributed by atoms with Crippen molar-refractivity contribution in [2.45, 2.75) is 31.9 Å². The van der Waals surface area contributed by atoms with Crippen molar-refractivity contribution in [2.75, 3.05) is 18.4 Å². The highest BCUT2D eigenvalue weighted by Crippen LogP contribution is 2.40. The van der Waals surface area contributed by atoms with Gasteiger partial charge in [0.2, 0.25) is 5.95 Å². The lowest BCUT2D eigenvalue weighted by Crippen LogP contribution is -2.50. The van der Waals surface area contributed by atoms with E-state index < -0.39 is 17.2 Å². The van der Waals surface area contributed by atoms with E-state index in [4.69, 9.17) is 16.1 Å². The minimum atomic E-state index is -1.05. The number of Topliss-reactive ketones (excluding diaryl/α,β-unsaturated/α-hetero) is 1. The van der Waals surface area contributed by atoms with Crippen LogP contribution in [0.5, 0.6) is 5.75 Å². The van der Waals surface area contributed by atoms with Crippen LogP contribution in [0.4, 0.5) is 11.6 Å². The van der Waals surface area contributed by atoms with Gasteiger partial charge in [-0.3, -0.25) is 14.2 Å². The van der Waals surface area contributed by atoms with Gasteiger partial charge in [0.1, 0.15) is 23.0 Å². The predicted molar refractivity (Wildman–Crippen MR) is 151 cm³/mol. The number of para-hydroxylation sites is 1. The predicted octanol–water partition coefficient (Wildman–Crippen LogP) is 4.49. The summed E-state index contributed by atoms with van der Waals surface area (Å²) in [7, 11) is 0. The Morgan fingerprint density at radius 3 is 2.69 bits per heavy atom. The molecule has 2 aliphatic heterocycles. The van der Waals surface area contributed by atoms with Gasteiger partial charge in [0.05, 0.1) is 11.1 Å². The van der Waals surface area contributed by atoms with E-state index in [2.05, 4.69) is 39.7 Å². The molecule has 2 aromatic heterocycles. The molecule has 39 heavy (non-hydrogen) atoms. The molecule has 2 aromatic carbocycles. The average Bonchev–Trinajstić information content (AvgIpc) is 2.94. The van der Waals surface area contributed by atoms with Gasteiger partial charge in [0, 0.05) is 23.8 Å². The monoisotopic (exact) mass is 517 g/mol. The molecule has 0 spiro atoms. The summed E-state index contributed by atoms with van der Waals surface area (Å²) < 4.78 is 7.58. The van der Waals surface area contributed by atoms with Crippen LogP contribution in [0.3, 0.4) is 0 Å². The maximum atomic E-state index is 13.8. The number of rotatable bonds is 4. The van der Waals surface area contributed by atoms with E-state index >= 15 is 0 Å². The van der Waals surface area contributed by atoms with E-state index in [1.165, 1.54) is 15.7 Å². The molecule has 0 bridgehead atoms. The summed E-state index contributed by atoms with van der Waals surface area (Å²) in [5.41, 5.74) is 2.59. The third-order valence-corrected chi connectivity index (χ3v) is 7.19. The van der Waals surface area contributed by atoms with Crippen LogP contribution in [0.25, 0.3) is 16.6 Å². The molecular formula is C31H27N5O3. The first kappa shape index (κ1) is 24.6. The first-order valence-corrected chi connectivity index (χ1v) is 12.8. The third kappa shape index (κ3) is 4.37. The van der Waals surface area contributed by atoms with Gasteiger partial charge in [-0.25, -0.2) is 4.98 Å². The Labute approximate surface area is 225 Å². The van der Waals surface area contributed by atoms with Gasteiger partial charge >= 0.3 is 0 Å². The molecule has 0 fully saturated rings. The van der Waals surface area contributed by atoms with Crippen molar-refractivity contribution < 1.29 is 9.53 Å². The van der Waals surface area contributed by atoms with Crippen molar-refractivity contribution in [2.24, 2.45) is 0 Å². The van der Waals surface area contributed by atoms with E-state index in [0.29, 0.717) is 28.3 Å². The number of benzene rings is 2. The zero-order valence-electron chi connectivity index (χ0n) is 21.7. The van der Waals surface area contributed by atoms with Gasteiger partial charge in [-0.05, 0) is 68.3 Å². The van der Waals surface area contributed by atoms with Crippen molar-refractivity contribution in [3.63, 3.8) is 0 Å². The molecule has 2 N–H and O–H groups in total. The molecule has 4 aromatic rings. The molecule has 2 aliphatic rings.